The molecule has 1 aliphatic heterocycles. The van der Waals surface area contributed by atoms with Gasteiger partial charge in [-0.2, -0.15) is 0 Å². The number of hydrogen-bond donors (Lipinski definition) is 0. The summed E-state index contributed by atoms with van der Waals surface area (Å²) in [5, 5.41) is 8.30. The highest BCUT2D eigenvalue weighted by Crippen LogP contribution is 2.15. The molecule has 1 amide bonds. The molecule has 3 rings (SSSR count). The highest BCUT2D eigenvalue weighted by Gasteiger charge is 2.22. The molecular formula is C17H20N4O. The Hall–Kier alpha value is -2.27. The summed E-state index contributed by atoms with van der Waals surface area (Å²) in [5.74, 6) is -0.0251. The minimum Gasteiger partial charge on any atom is -0.335 e. The van der Waals surface area contributed by atoms with Crippen LogP contribution in [0.1, 0.15) is 17.4 Å². The molecule has 0 saturated carbocycles. The number of piperazine rings is 1. The molecule has 114 valence electrons. The summed E-state index contributed by atoms with van der Waals surface area (Å²) in [5.41, 5.74) is 2.21. The van der Waals surface area contributed by atoms with Gasteiger partial charge in [0.2, 0.25) is 0 Å². The fraction of sp³-hybridized carbons (Fsp3) is 0.353. The number of carbonyl (C=O) groups is 1. The number of rotatable bonds is 3. The molecule has 5 nitrogen and oxygen atoms in total. The summed E-state index contributed by atoms with van der Waals surface area (Å²) in [4.78, 5) is 16.6. The Labute approximate surface area is 130 Å². The van der Waals surface area contributed by atoms with Crippen molar-refractivity contribution >= 4 is 5.91 Å². The Morgan fingerprint density at radius 1 is 1.00 bits per heavy atom. The number of hydrogen-bond acceptors (Lipinski definition) is 4. The van der Waals surface area contributed by atoms with Crippen LogP contribution in [0.4, 0.5) is 0 Å². The molecule has 0 radical (unpaired) electrons. The monoisotopic (exact) mass is 296 g/mol. The predicted molar refractivity (Wildman–Crippen MR) is 85.5 cm³/mol. The Balaban J connectivity index is 1.69. The molecule has 0 spiro atoms. The van der Waals surface area contributed by atoms with Crippen molar-refractivity contribution in [2.24, 2.45) is 0 Å². The van der Waals surface area contributed by atoms with Gasteiger partial charge in [0, 0.05) is 31.7 Å². The Kier molecular flexibility index (Phi) is 4.44. The normalized spacial score (nSPS) is 15.8. The van der Waals surface area contributed by atoms with Gasteiger partial charge in [-0.25, -0.2) is 0 Å². The third-order valence-electron chi connectivity index (χ3n) is 4.06. The van der Waals surface area contributed by atoms with Crippen molar-refractivity contribution in [2.45, 2.75) is 6.92 Å². The smallest absolute Gasteiger partial charge is 0.274 e. The highest BCUT2D eigenvalue weighted by atomic mass is 16.2. The second-order valence-electron chi connectivity index (χ2n) is 5.40. The van der Waals surface area contributed by atoms with Crippen molar-refractivity contribution < 1.29 is 4.79 Å². The first-order chi connectivity index (χ1) is 10.8. The molecule has 22 heavy (non-hydrogen) atoms. The van der Waals surface area contributed by atoms with E-state index in [4.69, 9.17) is 0 Å². The van der Waals surface area contributed by atoms with Gasteiger partial charge in [-0.15, -0.1) is 10.2 Å². The standard InChI is InChI=1S/C17H20N4O/c1-2-20-10-12-21(13-11-20)17(22)16-9-8-15(18-19-16)14-6-4-3-5-7-14/h3-9H,2,10-13H2,1H3. The largest absolute Gasteiger partial charge is 0.335 e. The molecule has 2 heterocycles. The summed E-state index contributed by atoms with van der Waals surface area (Å²) >= 11 is 0. The van der Waals surface area contributed by atoms with Crippen LogP contribution in [-0.4, -0.2) is 58.6 Å². The van der Waals surface area contributed by atoms with E-state index in [0.717, 1.165) is 44.0 Å². The van der Waals surface area contributed by atoms with E-state index in [1.807, 2.05) is 41.3 Å². The summed E-state index contributed by atoms with van der Waals surface area (Å²) in [6.07, 6.45) is 0. The van der Waals surface area contributed by atoms with Crippen LogP contribution in [-0.2, 0) is 0 Å². The zero-order valence-electron chi connectivity index (χ0n) is 12.8. The lowest BCUT2D eigenvalue weighted by molar-refractivity contribution is 0.0636. The van der Waals surface area contributed by atoms with Crippen molar-refractivity contribution in [2.75, 3.05) is 32.7 Å². The van der Waals surface area contributed by atoms with Crippen molar-refractivity contribution in [1.82, 2.24) is 20.0 Å². The highest BCUT2D eigenvalue weighted by molar-refractivity contribution is 5.92. The number of benzene rings is 1. The average molecular weight is 296 g/mol. The lowest BCUT2D eigenvalue weighted by Gasteiger charge is -2.33. The lowest BCUT2D eigenvalue weighted by Crippen LogP contribution is -2.48. The van der Waals surface area contributed by atoms with E-state index in [1.54, 1.807) is 6.07 Å². The number of nitrogens with zero attached hydrogens (tertiary/aromatic N) is 4. The van der Waals surface area contributed by atoms with Crippen LogP contribution in [0.2, 0.25) is 0 Å². The van der Waals surface area contributed by atoms with E-state index in [1.165, 1.54) is 0 Å². The van der Waals surface area contributed by atoms with Gasteiger partial charge in [-0.1, -0.05) is 37.3 Å². The van der Waals surface area contributed by atoms with Gasteiger partial charge in [-0.05, 0) is 18.7 Å². The van der Waals surface area contributed by atoms with Crippen LogP contribution in [0.3, 0.4) is 0 Å². The minimum absolute atomic E-state index is 0.0251. The van der Waals surface area contributed by atoms with Gasteiger partial charge in [0.15, 0.2) is 5.69 Å². The van der Waals surface area contributed by atoms with E-state index < -0.39 is 0 Å². The molecule has 1 aromatic carbocycles. The first-order valence-corrected chi connectivity index (χ1v) is 7.68. The summed E-state index contributed by atoms with van der Waals surface area (Å²) in [6.45, 7) is 6.55. The second-order valence-corrected chi connectivity index (χ2v) is 5.40. The third kappa shape index (κ3) is 3.14. The number of likely N-dealkylation sites (N-methyl/N-ethyl adjacent to an activating group) is 1. The maximum absolute atomic E-state index is 12.4. The SMILES string of the molecule is CCN1CCN(C(=O)c2ccc(-c3ccccc3)nn2)CC1. The molecule has 0 unspecified atom stereocenters. The molecule has 0 atom stereocenters. The van der Waals surface area contributed by atoms with Crippen LogP contribution < -0.4 is 0 Å². The van der Waals surface area contributed by atoms with Crippen LogP contribution >= 0.6 is 0 Å². The van der Waals surface area contributed by atoms with E-state index >= 15 is 0 Å². The Bertz CT molecular complexity index is 619. The van der Waals surface area contributed by atoms with Gasteiger partial charge in [0.1, 0.15) is 0 Å². The average Bonchev–Trinajstić information content (AvgIpc) is 2.62. The fourth-order valence-electron chi connectivity index (χ4n) is 2.64. The van der Waals surface area contributed by atoms with E-state index in [-0.39, 0.29) is 5.91 Å². The zero-order chi connectivity index (χ0) is 15.4. The van der Waals surface area contributed by atoms with E-state index in [0.29, 0.717) is 5.69 Å². The Morgan fingerprint density at radius 3 is 2.32 bits per heavy atom. The quantitative estimate of drug-likeness (QED) is 0.868. The van der Waals surface area contributed by atoms with Crippen molar-refractivity contribution in [1.29, 1.82) is 0 Å². The summed E-state index contributed by atoms with van der Waals surface area (Å²) in [6, 6.07) is 13.5. The molecule has 1 saturated heterocycles. The van der Waals surface area contributed by atoms with Crippen molar-refractivity contribution in [3.8, 4) is 11.3 Å². The number of aromatic nitrogens is 2. The van der Waals surface area contributed by atoms with E-state index in [2.05, 4.69) is 22.0 Å². The van der Waals surface area contributed by atoms with Crippen molar-refractivity contribution in [3.05, 3.63) is 48.2 Å². The molecule has 1 fully saturated rings. The predicted octanol–water partition coefficient (Wildman–Crippen LogP) is 1.92. The topological polar surface area (TPSA) is 49.3 Å². The van der Waals surface area contributed by atoms with Crippen LogP contribution in [0.15, 0.2) is 42.5 Å². The van der Waals surface area contributed by atoms with Gasteiger partial charge in [0.25, 0.3) is 5.91 Å². The summed E-state index contributed by atoms with van der Waals surface area (Å²) < 4.78 is 0. The first-order valence-electron chi connectivity index (χ1n) is 7.68. The first kappa shape index (κ1) is 14.7. The molecule has 1 aromatic heterocycles. The summed E-state index contributed by atoms with van der Waals surface area (Å²) in [7, 11) is 0. The van der Waals surface area contributed by atoms with Gasteiger partial charge in [-0.3, -0.25) is 4.79 Å². The molecule has 2 aromatic rings. The molecule has 5 heteroatoms. The maximum Gasteiger partial charge on any atom is 0.274 e. The molecule has 0 N–H and O–H groups in total. The van der Waals surface area contributed by atoms with E-state index in [9.17, 15) is 4.79 Å². The third-order valence-corrected chi connectivity index (χ3v) is 4.06. The number of carbonyl (C=O) groups excluding carboxylic acids is 1. The maximum atomic E-state index is 12.4. The second kappa shape index (κ2) is 6.66. The van der Waals surface area contributed by atoms with Crippen LogP contribution in [0, 0.1) is 0 Å². The Morgan fingerprint density at radius 2 is 1.73 bits per heavy atom. The van der Waals surface area contributed by atoms with Crippen molar-refractivity contribution in [3.63, 3.8) is 0 Å². The van der Waals surface area contributed by atoms with Gasteiger partial charge >= 0.3 is 0 Å². The fourth-order valence-corrected chi connectivity index (χ4v) is 2.64. The van der Waals surface area contributed by atoms with Crippen LogP contribution in [0.5, 0.6) is 0 Å². The van der Waals surface area contributed by atoms with Gasteiger partial charge in [0.05, 0.1) is 5.69 Å². The minimum atomic E-state index is -0.0251. The molecule has 1 aliphatic rings. The lowest BCUT2D eigenvalue weighted by atomic mass is 10.1. The zero-order valence-corrected chi connectivity index (χ0v) is 12.8. The molecule has 0 aliphatic carbocycles. The molecular weight excluding hydrogens is 276 g/mol. The van der Waals surface area contributed by atoms with Gasteiger partial charge < -0.3 is 9.80 Å². The molecule has 0 bridgehead atoms. The van der Waals surface area contributed by atoms with Crippen LogP contribution in [0.25, 0.3) is 11.3 Å². The number of amides is 1.